The van der Waals surface area contributed by atoms with Gasteiger partial charge in [-0.25, -0.2) is 4.90 Å². The standard InChI is InChI=1S/C13H10BrN3O2/c14-7-1-3-8(4-2-7)17-11(18)9-10(12(17)19)15-16-13(9)5-6-13/h1-4,9-10H,5-6H2/t9-,10-/m0/s1. The largest absolute Gasteiger partial charge is 0.273 e. The van der Waals surface area contributed by atoms with Gasteiger partial charge in [0.05, 0.1) is 17.1 Å². The first-order chi connectivity index (χ1) is 9.12. The van der Waals surface area contributed by atoms with Gasteiger partial charge in [-0.05, 0) is 37.1 Å². The smallest absolute Gasteiger partial charge is 0.261 e. The summed E-state index contributed by atoms with van der Waals surface area (Å²) in [5, 5.41) is 8.20. The molecule has 4 rings (SSSR count). The van der Waals surface area contributed by atoms with Crippen LogP contribution in [0, 0.1) is 5.92 Å². The molecular weight excluding hydrogens is 310 g/mol. The van der Waals surface area contributed by atoms with Crippen LogP contribution < -0.4 is 4.90 Å². The third-order valence-electron chi connectivity index (χ3n) is 4.08. The molecule has 5 nitrogen and oxygen atoms in total. The summed E-state index contributed by atoms with van der Waals surface area (Å²) in [6.45, 7) is 0. The maximum Gasteiger partial charge on any atom is 0.261 e. The Bertz CT molecular complexity index is 621. The molecule has 1 saturated carbocycles. The number of anilines is 1. The Morgan fingerprint density at radius 1 is 1.16 bits per heavy atom. The summed E-state index contributed by atoms with van der Waals surface area (Å²) < 4.78 is 0.911. The predicted octanol–water partition coefficient (Wildman–Crippen LogP) is 2.31. The van der Waals surface area contributed by atoms with Gasteiger partial charge in [0.1, 0.15) is 0 Å². The van der Waals surface area contributed by atoms with Crippen LogP contribution in [-0.4, -0.2) is 23.4 Å². The lowest BCUT2D eigenvalue weighted by atomic mass is 9.94. The molecule has 2 aliphatic heterocycles. The molecule has 0 aromatic heterocycles. The van der Waals surface area contributed by atoms with Crippen LogP contribution in [0.25, 0.3) is 0 Å². The van der Waals surface area contributed by atoms with E-state index < -0.39 is 6.04 Å². The summed E-state index contributed by atoms with van der Waals surface area (Å²) in [7, 11) is 0. The van der Waals surface area contributed by atoms with Crippen LogP contribution in [0.3, 0.4) is 0 Å². The zero-order chi connectivity index (χ0) is 13.2. The highest BCUT2D eigenvalue weighted by atomic mass is 79.9. The van der Waals surface area contributed by atoms with Gasteiger partial charge in [-0.3, -0.25) is 9.59 Å². The first kappa shape index (κ1) is 11.3. The van der Waals surface area contributed by atoms with Gasteiger partial charge < -0.3 is 0 Å². The number of carbonyl (C=O) groups is 2. The third kappa shape index (κ3) is 1.40. The molecule has 19 heavy (non-hydrogen) atoms. The SMILES string of the molecule is O=C1[C@H]2N=NC3(CC3)[C@@H]2C(=O)N1c1ccc(Br)cc1. The molecule has 3 aliphatic rings. The Kier molecular flexibility index (Phi) is 2.08. The lowest BCUT2D eigenvalue weighted by Crippen LogP contribution is -2.33. The van der Waals surface area contributed by atoms with Crippen LogP contribution in [0.2, 0.25) is 0 Å². The van der Waals surface area contributed by atoms with E-state index in [0.29, 0.717) is 5.69 Å². The Morgan fingerprint density at radius 2 is 1.84 bits per heavy atom. The number of amides is 2. The van der Waals surface area contributed by atoms with Gasteiger partial charge in [-0.15, -0.1) is 0 Å². The molecule has 2 atom stereocenters. The van der Waals surface area contributed by atoms with Crippen LogP contribution in [0.15, 0.2) is 39.0 Å². The molecule has 1 spiro atoms. The van der Waals surface area contributed by atoms with Crippen molar-refractivity contribution < 1.29 is 9.59 Å². The predicted molar refractivity (Wildman–Crippen MR) is 70.7 cm³/mol. The van der Waals surface area contributed by atoms with Crippen LogP contribution >= 0.6 is 15.9 Å². The number of benzene rings is 1. The maximum absolute atomic E-state index is 12.5. The Morgan fingerprint density at radius 3 is 2.47 bits per heavy atom. The van der Waals surface area contributed by atoms with E-state index in [1.807, 2.05) is 12.1 Å². The second-order valence-corrected chi connectivity index (χ2v) is 6.15. The number of nitrogens with zero attached hydrogens (tertiary/aromatic N) is 3. The summed E-state index contributed by atoms with van der Waals surface area (Å²) in [4.78, 5) is 26.1. The van der Waals surface area contributed by atoms with Crippen molar-refractivity contribution in [2.45, 2.75) is 24.4 Å². The van der Waals surface area contributed by atoms with Crippen molar-refractivity contribution in [3.63, 3.8) is 0 Å². The summed E-state index contributed by atoms with van der Waals surface area (Å²) in [6, 6.07) is 6.56. The maximum atomic E-state index is 12.5. The summed E-state index contributed by atoms with van der Waals surface area (Å²) in [6.07, 6.45) is 1.73. The Hall–Kier alpha value is -1.56. The van der Waals surface area contributed by atoms with Crippen molar-refractivity contribution in [1.29, 1.82) is 0 Å². The molecule has 2 fully saturated rings. The van der Waals surface area contributed by atoms with Crippen LogP contribution in [0.5, 0.6) is 0 Å². The monoisotopic (exact) mass is 319 g/mol. The lowest BCUT2D eigenvalue weighted by molar-refractivity contribution is -0.122. The van der Waals surface area contributed by atoms with Gasteiger partial charge >= 0.3 is 0 Å². The summed E-state index contributed by atoms with van der Waals surface area (Å²) >= 11 is 3.34. The molecule has 1 saturated heterocycles. The quantitative estimate of drug-likeness (QED) is 0.746. The fraction of sp³-hybridized carbons (Fsp3) is 0.385. The number of fused-ring (bicyclic) bond motifs is 2. The van der Waals surface area contributed by atoms with Crippen LogP contribution in [0.4, 0.5) is 5.69 Å². The first-order valence-electron chi connectivity index (χ1n) is 6.18. The van der Waals surface area contributed by atoms with Crippen molar-refractivity contribution in [2.24, 2.45) is 16.1 Å². The van der Waals surface area contributed by atoms with E-state index in [9.17, 15) is 9.59 Å². The fourth-order valence-electron chi connectivity index (χ4n) is 2.92. The highest BCUT2D eigenvalue weighted by Gasteiger charge is 2.67. The van der Waals surface area contributed by atoms with Crippen molar-refractivity contribution in [3.8, 4) is 0 Å². The molecule has 96 valence electrons. The average molecular weight is 320 g/mol. The molecule has 0 radical (unpaired) electrons. The minimum Gasteiger partial charge on any atom is -0.273 e. The first-order valence-corrected chi connectivity index (χ1v) is 6.97. The molecule has 2 amide bonds. The van der Waals surface area contributed by atoms with Crippen LogP contribution in [0.1, 0.15) is 12.8 Å². The van der Waals surface area contributed by atoms with E-state index in [4.69, 9.17) is 0 Å². The number of halogens is 1. The van der Waals surface area contributed by atoms with Gasteiger partial charge in [0.15, 0.2) is 6.04 Å². The Labute approximate surface area is 117 Å². The van der Waals surface area contributed by atoms with Crippen molar-refractivity contribution in [2.75, 3.05) is 4.90 Å². The van der Waals surface area contributed by atoms with E-state index in [1.54, 1.807) is 12.1 Å². The molecule has 0 bridgehead atoms. The molecule has 2 heterocycles. The molecule has 0 unspecified atom stereocenters. The molecule has 1 aromatic rings. The molecule has 6 heteroatoms. The number of rotatable bonds is 1. The van der Waals surface area contributed by atoms with Gasteiger partial charge in [-0.2, -0.15) is 10.2 Å². The van der Waals surface area contributed by atoms with E-state index in [-0.39, 0.29) is 23.3 Å². The minimum atomic E-state index is -0.598. The fourth-order valence-corrected chi connectivity index (χ4v) is 3.18. The molecule has 1 aliphatic carbocycles. The number of hydrogen-bond acceptors (Lipinski definition) is 4. The van der Waals surface area contributed by atoms with Gasteiger partial charge in [-0.1, -0.05) is 15.9 Å². The zero-order valence-electron chi connectivity index (χ0n) is 9.91. The van der Waals surface area contributed by atoms with E-state index in [1.165, 1.54) is 4.90 Å². The second kappa shape index (κ2) is 3.50. The van der Waals surface area contributed by atoms with Gasteiger partial charge in [0.25, 0.3) is 5.91 Å². The number of hydrogen-bond donors (Lipinski definition) is 0. The topological polar surface area (TPSA) is 62.1 Å². The highest BCUT2D eigenvalue weighted by molar-refractivity contribution is 9.10. The molecule has 1 aromatic carbocycles. The van der Waals surface area contributed by atoms with Crippen molar-refractivity contribution in [3.05, 3.63) is 28.7 Å². The summed E-state index contributed by atoms with van der Waals surface area (Å²) in [5.41, 5.74) is 0.250. The van der Waals surface area contributed by atoms with Gasteiger partial charge in [0.2, 0.25) is 5.91 Å². The number of azo groups is 1. The summed E-state index contributed by atoms with van der Waals surface area (Å²) in [5.74, 6) is -0.770. The minimum absolute atomic E-state index is 0.153. The lowest BCUT2D eigenvalue weighted by Gasteiger charge is -2.16. The number of carbonyl (C=O) groups excluding carboxylic acids is 2. The molecular formula is C13H10BrN3O2. The number of imide groups is 1. The third-order valence-corrected chi connectivity index (χ3v) is 4.61. The highest BCUT2D eigenvalue weighted by Crippen LogP contribution is 2.55. The van der Waals surface area contributed by atoms with E-state index >= 15 is 0 Å². The second-order valence-electron chi connectivity index (χ2n) is 5.23. The average Bonchev–Trinajstić information content (AvgIpc) is 2.98. The van der Waals surface area contributed by atoms with Gasteiger partial charge in [0, 0.05) is 4.47 Å². The van der Waals surface area contributed by atoms with E-state index in [0.717, 1.165) is 17.3 Å². The van der Waals surface area contributed by atoms with Crippen molar-refractivity contribution in [1.82, 2.24) is 0 Å². The Balaban J connectivity index is 1.75. The van der Waals surface area contributed by atoms with Crippen molar-refractivity contribution >= 4 is 33.4 Å². The van der Waals surface area contributed by atoms with E-state index in [2.05, 4.69) is 26.2 Å². The normalized spacial score (nSPS) is 30.3. The van der Waals surface area contributed by atoms with Crippen LogP contribution in [-0.2, 0) is 9.59 Å². The molecule has 0 N–H and O–H groups in total. The zero-order valence-corrected chi connectivity index (χ0v) is 11.5.